The van der Waals surface area contributed by atoms with Crippen LogP contribution in [0.1, 0.15) is 39.5 Å². The average Bonchev–Trinajstić information content (AvgIpc) is 2.39. The van der Waals surface area contributed by atoms with Crippen LogP contribution < -0.4 is 0 Å². The van der Waals surface area contributed by atoms with Crippen LogP contribution in [0, 0.1) is 0 Å². The molecule has 2 fully saturated rings. The van der Waals surface area contributed by atoms with Gasteiger partial charge in [-0.3, -0.25) is 4.90 Å². The minimum absolute atomic E-state index is 0.117. The van der Waals surface area contributed by atoms with Crippen molar-refractivity contribution in [3.8, 4) is 0 Å². The second-order valence-corrected chi connectivity index (χ2v) is 5.89. The van der Waals surface area contributed by atoms with E-state index in [1.165, 1.54) is 0 Å². The highest BCUT2D eigenvalue weighted by Gasteiger charge is 2.37. The highest BCUT2D eigenvalue weighted by molar-refractivity contribution is 4.89. The number of hydrogen-bond donors (Lipinski definition) is 0. The van der Waals surface area contributed by atoms with Crippen LogP contribution in [0.3, 0.4) is 0 Å². The van der Waals surface area contributed by atoms with E-state index in [1.54, 1.807) is 0 Å². The summed E-state index contributed by atoms with van der Waals surface area (Å²) < 4.78 is 25.3. The molecule has 0 bridgehead atoms. The van der Waals surface area contributed by atoms with Crippen LogP contribution in [-0.2, 0) is 9.47 Å². The number of likely N-dealkylation sites (tertiary alicyclic amines) is 1. The standard InChI is InChI=1S/C14H26FNO2/c1-12(2)18-11-14(15)5-7-16(8-6-14)13-3-9-17-10-4-13/h12-13H,3-11H2,1-2H3. The molecule has 2 heterocycles. The van der Waals surface area contributed by atoms with Gasteiger partial charge in [-0.25, -0.2) is 4.39 Å². The van der Waals surface area contributed by atoms with Crippen LogP contribution in [0.25, 0.3) is 0 Å². The number of rotatable bonds is 4. The number of nitrogens with zero attached hydrogens (tertiary/aromatic N) is 1. The Balaban J connectivity index is 1.76. The molecule has 0 aromatic heterocycles. The van der Waals surface area contributed by atoms with Crippen molar-refractivity contribution in [2.45, 2.75) is 57.3 Å². The second-order valence-electron chi connectivity index (χ2n) is 5.89. The Morgan fingerprint density at radius 2 is 1.89 bits per heavy atom. The quantitative estimate of drug-likeness (QED) is 0.774. The van der Waals surface area contributed by atoms with Gasteiger partial charge in [-0.2, -0.15) is 0 Å². The van der Waals surface area contributed by atoms with Crippen molar-refractivity contribution in [2.24, 2.45) is 0 Å². The van der Waals surface area contributed by atoms with E-state index in [0.717, 1.165) is 39.1 Å². The van der Waals surface area contributed by atoms with Crippen molar-refractivity contribution in [1.82, 2.24) is 4.90 Å². The van der Waals surface area contributed by atoms with E-state index < -0.39 is 5.67 Å². The molecule has 0 aromatic rings. The number of halogens is 1. The first-order valence-corrected chi connectivity index (χ1v) is 7.21. The third-order valence-corrected chi connectivity index (χ3v) is 4.08. The van der Waals surface area contributed by atoms with Gasteiger partial charge in [0, 0.05) is 32.3 Å². The molecular weight excluding hydrogens is 233 g/mol. The van der Waals surface area contributed by atoms with Gasteiger partial charge < -0.3 is 9.47 Å². The van der Waals surface area contributed by atoms with E-state index in [2.05, 4.69) is 4.90 Å². The van der Waals surface area contributed by atoms with Crippen molar-refractivity contribution in [1.29, 1.82) is 0 Å². The lowest BCUT2D eigenvalue weighted by molar-refractivity contribution is -0.0587. The smallest absolute Gasteiger partial charge is 0.136 e. The lowest BCUT2D eigenvalue weighted by Gasteiger charge is -2.41. The highest BCUT2D eigenvalue weighted by atomic mass is 19.1. The zero-order chi connectivity index (χ0) is 13.0. The number of ether oxygens (including phenoxy) is 2. The molecule has 3 nitrogen and oxygen atoms in total. The van der Waals surface area contributed by atoms with Crippen LogP contribution >= 0.6 is 0 Å². The van der Waals surface area contributed by atoms with Gasteiger partial charge in [0.1, 0.15) is 5.67 Å². The maximum absolute atomic E-state index is 14.5. The first-order chi connectivity index (χ1) is 8.59. The molecule has 4 heteroatoms. The third-order valence-electron chi connectivity index (χ3n) is 4.08. The van der Waals surface area contributed by atoms with E-state index in [1.807, 2.05) is 13.8 Å². The zero-order valence-electron chi connectivity index (χ0n) is 11.7. The third kappa shape index (κ3) is 3.90. The molecule has 0 saturated carbocycles. The summed E-state index contributed by atoms with van der Waals surface area (Å²) >= 11 is 0. The van der Waals surface area contributed by atoms with Gasteiger partial charge in [-0.1, -0.05) is 0 Å². The normalized spacial score (nSPS) is 26.7. The average molecular weight is 259 g/mol. The first-order valence-electron chi connectivity index (χ1n) is 7.21. The molecule has 0 aromatic carbocycles. The highest BCUT2D eigenvalue weighted by Crippen LogP contribution is 2.30. The summed E-state index contributed by atoms with van der Waals surface area (Å²) in [5, 5.41) is 0. The van der Waals surface area contributed by atoms with Gasteiger partial charge in [0.2, 0.25) is 0 Å². The monoisotopic (exact) mass is 259 g/mol. The Kier molecular flexibility index (Phi) is 4.98. The fourth-order valence-electron chi connectivity index (χ4n) is 2.80. The van der Waals surface area contributed by atoms with Crippen LogP contribution in [0.4, 0.5) is 4.39 Å². The summed E-state index contributed by atoms with van der Waals surface area (Å²) in [7, 11) is 0. The molecule has 2 saturated heterocycles. The molecule has 0 amide bonds. The molecule has 0 atom stereocenters. The van der Waals surface area contributed by atoms with Gasteiger partial charge in [-0.15, -0.1) is 0 Å². The van der Waals surface area contributed by atoms with E-state index in [-0.39, 0.29) is 12.7 Å². The van der Waals surface area contributed by atoms with Gasteiger partial charge in [0.15, 0.2) is 0 Å². The van der Waals surface area contributed by atoms with Crippen LogP contribution in [0.2, 0.25) is 0 Å². The second kappa shape index (κ2) is 6.31. The molecule has 0 N–H and O–H groups in total. The molecule has 2 aliphatic rings. The van der Waals surface area contributed by atoms with Crippen molar-refractivity contribution in [2.75, 3.05) is 32.9 Å². The summed E-state index contributed by atoms with van der Waals surface area (Å²) in [6, 6.07) is 0.606. The van der Waals surface area contributed by atoms with Crippen molar-refractivity contribution in [3.63, 3.8) is 0 Å². The van der Waals surface area contributed by atoms with E-state index in [0.29, 0.717) is 18.9 Å². The van der Waals surface area contributed by atoms with Crippen LogP contribution in [0.15, 0.2) is 0 Å². The van der Waals surface area contributed by atoms with E-state index in [4.69, 9.17) is 9.47 Å². The summed E-state index contributed by atoms with van der Waals surface area (Å²) in [5.41, 5.74) is -1.11. The summed E-state index contributed by atoms with van der Waals surface area (Å²) in [4.78, 5) is 2.44. The Hall–Kier alpha value is -0.190. The fourth-order valence-corrected chi connectivity index (χ4v) is 2.80. The Bertz CT molecular complexity index is 246. The maximum Gasteiger partial charge on any atom is 0.136 e. The van der Waals surface area contributed by atoms with Gasteiger partial charge in [0.05, 0.1) is 12.7 Å². The molecule has 2 rings (SSSR count). The van der Waals surface area contributed by atoms with Crippen molar-refractivity contribution >= 4 is 0 Å². The molecule has 0 radical (unpaired) electrons. The molecule has 106 valence electrons. The minimum atomic E-state index is -1.11. The molecular formula is C14H26FNO2. The maximum atomic E-state index is 14.5. The molecule has 2 aliphatic heterocycles. The largest absolute Gasteiger partial charge is 0.381 e. The summed E-state index contributed by atoms with van der Waals surface area (Å²) in [5.74, 6) is 0. The SMILES string of the molecule is CC(C)OCC1(F)CCN(C2CCOCC2)CC1. The van der Waals surface area contributed by atoms with Gasteiger partial charge >= 0.3 is 0 Å². The predicted octanol–water partition coefficient (Wildman–Crippen LogP) is 2.39. The Morgan fingerprint density at radius 3 is 2.44 bits per heavy atom. The number of piperidine rings is 1. The zero-order valence-corrected chi connectivity index (χ0v) is 11.7. The van der Waals surface area contributed by atoms with Crippen LogP contribution in [-0.4, -0.2) is 55.6 Å². The molecule has 0 spiro atoms. The van der Waals surface area contributed by atoms with Crippen molar-refractivity contribution in [3.05, 3.63) is 0 Å². The Morgan fingerprint density at radius 1 is 1.28 bits per heavy atom. The van der Waals surface area contributed by atoms with E-state index in [9.17, 15) is 4.39 Å². The molecule has 18 heavy (non-hydrogen) atoms. The van der Waals surface area contributed by atoms with Crippen molar-refractivity contribution < 1.29 is 13.9 Å². The van der Waals surface area contributed by atoms with Crippen LogP contribution in [0.5, 0.6) is 0 Å². The number of hydrogen-bond acceptors (Lipinski definition) is 3. The molecule has 0 aliphatic carbocycles. The number of alkyl halides is 1. The first kappa shape index (κ1) is 14.2. The fraction of sp³-hybridized carbons (Fsp3) is 1.00. The molecule has 0 unspecified atom stereocenters. The van der Waals surface area contributed by atoms with Gasteiger partial charge in [-0.05, 0) is 39.5 Å². The van der Waals surface area contributed by atoms with Gasteiger partial charge in [0.25, 0.3) is 0 Å². The minimum Gasteiger partial charge on any atom is -0.381 e. The lowest BCUT2D eigenvalue weighted by atomic mass is 9.92. The topological polar surface area (TPSA) is 21.7 Å². The summed E-state index contributed by atoms with van der Waals surface area (Å²) in [6.45, 7) is 7.62. The lowest BCUT2D eigenvalue weighted by Crippen LogP contribution is -2.49. The van der Waals surface area contributed by atoms with E-state index >= 15 is 0 Å². The predicted molar refractivity (Wildman–Crippen MR) is 69.6 cm³/mol. The summed E-state index contributed by atoms with van der Waals surface area (Å²) in [6.07, 6.45) is 3.53. The Labute approximate surface area is 110 Å².